The van der Waals surface area contributed by atoms with Crippen LogP contribution in [0.4, 0.5) is 0 Å². The highest BCUT2D eigenvalue weighted by Gasteiger charge is 2.27. The molecule has 1 amide bonds. The summed E-state index contributed by atoms with van der Waals surface area (Å²) >= 11 is 3.54. The van der Waals surface area contributed by atoms with E-state index in [9.17, 15) is 4.79 Å². The van der Waals surface area contributed by atoms with E-state index in [1.165, 1.54) is 24.0 Å². The summed E-state index contributed by atoms with van der Waals surface area (Å²) in [6.07, 6.45) is 5.02. The van der Waals surface area contributed by atoms with Crippen LogP contribution in [0.3, 0.4) is 0 Å². The zero-order valence-electron chi connectivity index (χ0n) is 11.5. The lowest BCUT2D eigenvalue weighted by molar-refractivity contribution is -0.121. The van der Waals surface area contributed by atoms with Gasteiger partial charge in [0.05, 0.1) is 0 Å². The van der Waals surface area contributed by atoms with Crippen molar-refractivity contribution in [3.63, 3.8) is 0 Å². The summed E-state index contributed by atoms with van der Waals surface area (Å²) in [6.45, 7) is 2.09. The first-order chi connectivity index (χ1) is 9.19. The lowest BCUT2D eigenvalue weighted by atomic mass is 10.0. The third kappa shape index (κ3) is 4.34. The standard InChI is InChI=1S/C16H22BrNO/c1-12-4-2-5-13(10-12)8-9-16(19)18-15-7-3-6-14(15)11-17/h2,4-5,10,14-15H,3,6-9,11H2,1H3,(H,18,19). The molecule has 3 heteroatoms. The first-order valence-electron chi connectivity index (χ1n) is 7.10. The second-order valence-corrected chi connectivity index (χ2v) is 6.16. The fraction of sp³-hybridized carbons (Fsp3) is 0.562. The van der Waals surface area contributed by atoms with E-state index in [1.807, 2.05) is 0 Å². The van der Waals surface area contributed by atoms with E-state index in [0.717, 1.165) is 18.2 Å². The Morgan fingerprint density at radius 3 is 3.00 bits per heavy atom. The molecule has 104 valence electrons. The molecule has 0 bridgehead atoms. The molecule has 1 saturated carbocycles. The maximum absolute atomic E-state index is 12.0. The van der Waals surface area contributed by atoms with Crippen LogP contribution in [0.5, 0.6) is 0 Å². The van der Waals surface area contributed by atoms with Crippen LogP contribution in [0.25, 0.3) is 0 Å². The quantitative estimate of drug-likeness (QED) is 0.824. The Hall–Kier alpha value is -0.830. The van der Waals surface area contributed by atoms with Gasteiger partial charge in [0.15, 0.2) is 0 Å². The summed E-state index contributed by atoms with van der Waals surface area (Å²) in [5, 5.41) is 4.19. The van der Waals surface area contributed by atoms with Crippen molar-refractivity contribution in [3.05, 3.63) is 35.4 Å². The molecule has 2 unspecified atom stereocenters. The van der Waals surface area contributed by atoms with Gasteiger partial charge >= 0.3 is 0 Å². The van der Waals surface area contributed by atoms with E-state index >= 15 is 0 Å². The van der Waals surface area contributed by atoms with Gasteiger partial charge in [-0.1, -0.05) is 52.2 Å². The normalized spacial score (nSPS) is 22.4. The van der Waals surface area contributed by atoms with Crippen molar-refractivity contribution in [1.82, 2.24) is 5.32 Å². The number of carbonyl (C=O) groups is 1. The molecule has 2 rings (SSSR count). The summed E-state index contributed by atoms with van der Waals surface area (Å²) in [5.41, 5.74) is 2.51. The highest BCUT2D eigenvalue weighted by molar-refractivity contribution is 9.09. The highest BCUT2D eigenvalue weighted by Crippen LogP contribution is 2.27. The number of hydrogen-bond acceptors (Lipinski definition) is 1. The van der Waals surface area contributed by atoms with Gasteiger partial charge in [0.2, 0.25) is 5.91 Å². The number of halogens is 1. The number of amides is 1. The topological polar surface area (TPSA) is 29.1 Å². The molecule has 0 radical (unpaired) electrons. The van der Waals surface area contributed by atoms with Crippen LogP contribution in [-0.2, 0) is 11.2 Å². The van der Waals surface area contributed by atoms with Gasteiger partial charge in [0, 0.05) is 17.8 Å². The predicted octanol–water partition coefficient (Wildman–Crippen LogP) is 3.61. The Morgan fingerprint density at radius 1 is 1.42 bits per heavy atom. The van der Waals surface area contributed by atoms with Gasteiger partial charge in [0.1, 0.15) is 0 Å². The van der Waals surface area contributed by atoms with Crippen LogP contribution in [0, 0.1) is 12.8 Å². The molecule has 0 aliphatic heterocycles. The first kappa shape index (κ1) is 14.6. The molecule has 19 heavy (non-hydrogen) atoms. The Bertz CT molecular complexity index is 433. The molecule has 1 fully saturated rings. The van der Waals surface area contributed by atoms with Crippen LogP contribution in [0.1, 0.15) is 36.8 Å². The van der Waals surface area contributed by atoms with Gasteiger partial charge < -0.3 is 5.32 Å². The van der Waals surface area contributed by atoms with E-state index in [0.29, 0.717) is 18.4 Å². The molecular formula is C16H22BrNO. The van der Waals surface area contributed by atoms with Crippen molar-refractivity contribution in [2.24, 2.45) is 5.92 Å². The van der Waals surface area contributed by atoms with Gasteiger partial charge in [-0.15, -0.1) is 0 Å². The summed E-state index contributed by atoms with van der Waals surface area (Å²) in [5.74, 6) is 0.808. The van der Waals surface area contributed by atoms with E-state index < -0.39 is 0 Å². The molecule has 1 aliphatic rings. The van der Waals surface area contributed by atoms with Crippen LogP contribution >= 0.6 is 15.9 Å². The Kier molecular flexibility index (Phi) is 5.44. The molecule has 0 aromatic heterocycles. The number of hydrogen-bond donors (Lipinski definition) is 1. The van der Waals surface area contributed by atoms with Crippen molar-refractivity contribution in [2.45, 2.75) is 45.1 Å². The molecule has 1 aromatic carbocycles. The number of benzene rings is 1. The molecule has 1 aromatic rings. The van der Waals surface area contributed by atoms with Crippen molar-refractivity contribution in [1.29, 1.82) is 0 Å². The van der Waals surface area contributed by atoms with E-state index in [-0.39, 0.29) is 5.91 Å². The molecule has 0 heterocycles. The zero-order chi connectivity index (χ0) is 13.7. The van der Waals surface area contributed by atoms with Gasteiger partial charge in [-0.2, -0.15) is 0 Å². The van der Waals surface area contributed by atoms with Crippen LogP contribution in [0.15, 0.2) is 24.3 Å². The van der Waals surface area contributed by atoms with Crippen molar-refractivity contribution < 1.29 is 4.79 Å². The van der Waals surface area contributed by atoms with Crippen molar-refractivity contribution in [2.75, 3.05) is 5.33 Å². The predicted molar refractivity (Wildman–Crippen MR) is 82.6 cm³/mol. The van der Waals surface area contributed by atoms with Crippen LogP contribution in [-0.4, -0.2) is 17.3 Å². The molecule has 2 nitrogen and oxygen atoms in total. The maximum Gasteiger partial charge on any atom is 0.220 e. The minimum Gasteiger partial charge on any atom is -0.353 e. The molecule has 1 N–H and O–H groups in total. The second kappa shape index (κ2) is 7.09. The number of rotatable bonds is 5. The van der Waals surface area contributed by atoms with Gasteiger partial charge in [-0.05, 0) is 37.7 Å². The Labute approximate surface area is 124 Å². The van der Waals surface area contributed by atoms with Crippen molar-refractivity contribution in [3.8, 4) is 0 Å². The Morgan fingerprint density at radius 2 is 2.26 bits per heavy atom. The summed E-state index contributed by atoms with van der Waals surface area (Å²) in [6, 6.07) is 8.77. The van der Waals surface area contributed by atoms with Crippen molar-refractivity contribution >= 4 is 21.8 Å². The second-order valence-electron chi connectivity index (χ2n) is 5.51. The molecule has 0 spiro atoms. The summed E-state index contributed by atoms with van der Waals surface area (Å²) < 4.78 is 0. The van der Waals surface area contributed by atoms with Gasteiger partial charge in [-0.25, -0.2) is 0 Å². The smallest absolute Gasteiger partial charge is 0.220 e. The molecule has 0 saturated heterocycles. The monoisotopic (exact) mass is 323 g/mol. The first-order valence-corrected chi connectivity index (χ1v) is 8.22. The number of carbonyl (C=O) groups excluding carboxylic acids is 1. The number of aryl methyl sites for hydroxylation is 2. The fourth-order valence-corrected chi connectivity index (χ4v) is 3.59. The third-order valence-electron chi connectivity index (χ3n) is 3.93. The summed E-state index contributed by atoms with van der Waals surface area (Å²) in [7, 11) is 0. The zero-order valence-corrected chi connectivity index (χ0v) is 13.1. The summed E-state index contributed by atoms with van der Waals surface area (Å²) in [4.78, 5) is 12.0. The minimum atomic E-state index is 0.194. The van der Waals surface area contributed by atoms with Gasteiger partial charge in [0.25, 0.3) is 0 Å². The lowest BCUT2D eigenvalue weighted by Gasteiger charge is -2.19. The van der Waals surface area contributed by atoms with Crippen LogP contribution < -0.4 is 5.32 Å². The highest BCUT2D eigenvalue weighted by atomic mass is 79.9. The molecule has 1 aliphatic carbocycles. The average Bonchev–Trinajstić information content (AvgIpc) is 2.84. The fourth-order valence-electron chi connectivity index (χ4n) is 2.82. The minimum absolute atomic E-state index is 0.194. The SMILES string of the molecule is Cc1cccc(CCC(=O)NC2CCCC2CBr)c1. The van der Waals surface area contributed by atoms with E-state index in [4.69, 9.17) is 0 Å². The third-order valence-corrected chi connectivity index (χ3v) is 4.76. The number of nitrogens with one attached hydrogen (secondary N) is 1. The Balaban J connectivity index is 1.78. The molecule has 2 atom stereocenters. The van der Waals surface area contributed by atoms with E-state index in [2.05, 4.69) is 52.4 Å². The van der Waals surface area contributed by atoms with Gasteiger partial charge in [-0.3, -0.25) is 4.79 Å². The van der Waals surface area contributed by atoms with Crippen LogP contribution in [0.2, 0.25) is 0 Å². The molecular weight excluding hydrogens is 302 g/mol. The number of alkyl halides is 1. The maximum atomic E-state index is 12.0. The van der Waals surface area contributed by atoms with E-state index in [1.54, 1.807) is 0 Å². The lowest BCUT2D eigenvalue weighted by Crippen LogP contribution is -2.37. The average molecular weight is 324 g/mol. The largest absolute Gasteiger partial charge is 0.353 e.